The normalized spacial score (nSPS) is 15.2. The van der Waals surface area contributed by atoms with Crippen molar-refractivity contribution in [2.45, 2.75) is 36.5 Å². The lowest BCUT2D eigenvalue weighted by Crippen LogP contribution is -2.46. The molecule has 13 heteroatoms. The van der Waals surface area contributed by atoms with E-state index in [9.17, 15) is 36.3 Å². The van der Waals surface area contributed by atoms with Gasteiger partial charge in [0.05, 0.1) is 10.5 Å². The Kier molecular flexibility index (Phi) is 7.88. The maximum atomic E-state index is 13.4. The van der Waals surface area contributed by atoms with Crippen molar-refractivity contribution in [3.8, 4) is 0 Å². The summed E-state index contributed by atoms with van der Waals surface area (Å²) in [7, 11) is -4.44. The summed E-state index contributed by atoms with van der Waals surface area (Å²) >= 11 is 2.93. The number of halogens is 4. The molecule has 0 atom stereocenters. The van der Waals surface area contributed by atoms with Crippen LogP contribution >= 0.6 is 15.9 Å². The van der Waals surface area contributed by atoms with E-state index in [1.165, 1.54) is 11.0 Å². The topological polar surface area (TPSA) is 119 Å². The summed E-state index contributed by atoms with van der Waals surface area (Å²) in [5.41, 5.74) is -0.249. The highest BCUT2D eigenvalue weighted by molar-refractivity contribution is 9.10. The van der Waals surface area contributed by atoms with E-state index in [2.05, 4.69) is 26.0 Å². The van der Waals surface area contributed by atoms with Crippen molar-refractivity contribution in [2.75, 3.05) is 13.1 Å². The largest absolute Gasteiger partial charge is 0.530 e. The molecule has 0 aromatic heterocycles. The fourth-order valence-corrected chi connectivity index (χ4v) is 5.44. The molecule has 0 aliphatic carbocycles. The van der Waals surface area contributed by atoms with Gasteiger partial charge in [0.25, 0.3) is 5.91 Å². The van der Waals surface area contributed by atoms with E-state index in [1.54, 1.807) is 24.3 Å². The molecule has 2 aromatic rings. The second-order valence-corrected chi connectivity index (χ2v) is 10.3. The van der Waals surface area contributed by atoms with Crippen LogP contribution < -0.4 is 15.1 Å². The predicted octanol–water partition coefficient (Wildman–Crippen LogP) is 2.48. The van der Waals surface area contributed by atoms with Gasteiger partial charge in [0.15, 0.2) is 0 Å². The quantitative estimate of drug-likeness (QED) is 0.560. The van der Waals surface area contributed by atoms with Crippen molar-refractivity contribution in [3.63, 3.8) is 0 Å². The first-order chi connectivity index (χ1) is 15.9. The van der Waals surface area contributed by atoms with Crippen LogP contribution in [0.1, 0.15) is 34.3 Å². The molecule has 2 amide bonds. The average molecular weight is 563 g/mol. The molecule has 0 radical (unpaired) electrons. The lowest BCUT2D eigenvalue weighted by Gasteiger charge is -2.32. The highest BCUT2D eigenvalue weighted by Gasteiger charge is 2.38. The zero-order chi connectivity index (χ0) is 25.1. The van der Waals surface area contributed by atoms with E-state index in [0.29, 0.717) is 11.1 Å². The van der Waals surface area contributed by atoms with E-state index < -0.39 is 38.8 Å². The third-order valence-electron chi connectivity index (χ3n) is 5.28. The average Bonchev–Trinajstić information content (AvgIpc) is 2.77. The number of carbonyl (C=O) groups is 2. The van der Waals surface area contributed by atoms with E-state index in [4.69, 9.17) is 0 Å². The molecule has 1 heterocycles. The number of nitrogens with zero attached hydrogens (tertiary/aromatic N) is 1. The van der Waals surface area contributed by atoms with Gasteiger partial charge < -0.3 is 20.1 Å². The monoisotopic (exact) mass is 562 g/mol. The van der Waals surface area contributed by atoms with E-state index in [1.807, 2.05) is 0 Å². The van der Waals surface area contributed by atoms with Crippen LogP contribution in [0.25, 0.3) is 0 Å². The molecule has 0 spiro atoms. The Hall–Kier alpha value is -2.64. The van der Waals surface area contributed by atoms with Crippen LogP contribution in [0, 0.1) is 0 Å². The van der Waals surface area contributed by atoms with Crippen molar-refractivity contribution < 1.29 is 36.3 Å². The maximum Gasteiger partial charge on any atom is 0.417 e. The van der Waals surface area contributed by atoms with Crippen LogP contribution in [0.3, 0.4) is 0 Å². The third kappa shape index (κ3) is 6.48. The van der Waals surface area contributed by atoms with Gasteiger partial charge in [-0.2, -0.15) is 13.2 Å². The molecular formula is C21H20BrF3N3O5S-. The van der Waals surface area contributed by atoms with Crippen molar-refractivity contribution >= 4 is 38.0 Å². The maximum absolute atomic E-state index is 13.4. The SMILES string of the molecule is O=C([O-])NCc1ccc(C(=O)N2CCC(NS(=O)(=O)c3ccc(Br)cc3C(F)(F)F)CC2)cc1. The van der Waals surface area contributed by atoms with Crippen molar-refractivity contribution in [1.29, 1.82) is 0 Å². The number of sulfonamides is 1. The van der Waals surface area contributed by atoms with Gasteiger partial charge in [-0.3, -0.25) is 4.79 Å². The number of alkyl halides is 3. The van der Waals surface area contributed by atoms with Gasteiger partial charge >= 0.3 is 6.18 Å². The van der Waals surface area contributed by atoms with E-state index in [0.717, 1.165) is 12.1 Å². The first-order valence-electron chi connectivity index (χ1n) is 10.1. The summed E-state index contributed by atoms with van der Waals surface area (Å²) in [6.07, 6.45) is -5.79. The minimum absolute atomic E-state index is 0.0385. The molecule has 8 nitrogen and oxygen atoms in total. The molecule has 1 aliphatic rings. The van der Waals surface area contributed by atoms with Gasteiger partial charge in [-0.15, -0.1) is 0 Å². The summed E-state index contributed by atoms with van der Waals surface area (Å²) in [6, 6.07) is 8.52. The molecule has 2 N–H and O–H groups in total. The summed E-state index contributed by atoms with van der Waals surface area (Å²) in [5.74, 6) is -0.284. The molecule has 1 aliphatic heterocycles. The molecule has 2 aromatic carbocycles. The van der Waals surface area contributed by atoms with Crippen LogP contribution in [0.2, 0.25) is 0 Å². The zero-order valence-corrected chi connectivity index (χ0v) is 20.0. The Morgan fingerprint density at radius 2 is 1.71 bits per heavy atom. The van der Waals surface area contributed by atoms with Crippen molar-refractivity contribution in [1.82, 2.24) is 14.9 Å². The summed E-state index contributed by atoms with van der Waals surface area (Å²) in [5, 5.41) is 12.6. The summed E-state index contributed by atoms with van der Waals surface area (Å²) < 4.78 is 67.9. The fourth-order valence-electron chi connectivity index (χ4n) is 3.56. The first kappa shape index (κ1) is 26.0. The van der Waals surface area contributed by atoms with Crippen LogP contribution in [-0.2, 0) is 22.7 Å². The summed E-state index contributed by atoms with van der Waals surface area (Å²) in [4.78, 5) is 23.8. The molecule has 0 saturated carbocycles. The smallest absolute Gasteiger partial charge is 0.417 e. The standard InChI is InChI=1S/C21H21BrF3N3O5S/c22-15-5-6-18(17(11-15)21(23,24)25)34(32,33)27-16-7-9-28(10-8-16)19(29)14-3-1-13(2-4-14)12-26-20(30)31/h1-6,11,16,26-27H,7-10,12H2,(H,30,31)/p-1. The minimum Gasteiger partial charge on any atom is -0.530 e. The minimum atomic E-state index is -4.85. The van der Waals surface area contributed by atoms with Gasteiger partial charge in [-0.1, -0.05) is 28.1 Å². The zero-order valence-electron chi connectivity index (χ0n) is 17.6. The molecule has 1 fully saturated rings. The number of piperidine rings is 1. The van der Waals surface area contributed by atoms with Gasteiger partial charge in [0.2, 0.25) is 10.0 Å². The number of carbonyl (C=O) groups excluding carboxylic acids is 2. The highest BCUT2D eigenvalue weighted by atomic mass is 79.9. The second kappa shape index (κ2) is 10.3. The Balaban J connectivity index is 1.62. The van der Waals surface area contributed by atoms with Crippen molar-refractivity contribution in [2.24, 2.45) is 0 Å². The number of amides is 2. The van der Waals surface area contributed by atoms with Gasteiger partial charge in [0.1, 0.15) is 6.09 Å². The lowest BCUT2D eigenvalue weighted by atomic mass is 10.0. The molecule has 3 rings (SSSR count). The molecule has 0 unspecified atom stereocenters. The number of carboxylic acid groups (broad SMARTS) is 1. The number of benzene rings is 2. The predicted molar refractivity (Wildman–Crippen MR) is 117 cm³/mol. The molecule has 1 saturated heterocycles. The Labute approximate surface area is 202 Å². The van der Waals surface area contributed by atoms with Crippen molar-refractivity contribution in [3.05, 3.63) is 63.6 Å². The van der Waals surface area contributed by atoms with E-state index >= 15 is 0 Å². The third-order valence-corrected chi connectivity index (χ3v) is 7.35. The first-order valence-corrected chi connectivity index (χ1v) is 12.4. The van der Waals surface area contributed by atoms with Crippen LogP contribution in [0.5, 0.6) is 0 Å². The number of likely N-dealkylation sites (tertiary alicyclic amines) is 1. The Morgan fingerprint density at radius 3 is 2.26 bits per heavy atom. The Bertz CT molecular complexity index is 1170. The number of hydrogen-bond acceptors (Lipinski definition) is 5. The fraction of sp³-hybridized carbons (Fsp3) is 0.333. The Morgan fingerprint density at radius 1 is 1.09 bits per heavy atom. The van der Waals surface area contributed by atoms with Crippen LogP contribution in [0.15, 0.2) is 51.8 Å². The van der Waals surface area contributed by atoms with Crippen LogP contribution in [-0.4, -0.2) is 44.4 Å². The van der Waals surface area contributed by atoms with E-state index in [-0.39, 0.29) is 42.9 Å². The van der Waals surface area contributed by atoms with Gasteiger partial charge in [-0.25, -0.2) is 13.1 Å². The second-order valence-electron chi connectivity index (χ2n) is 7.66. The molecule has 34 heavy (non-hydrogen) atoms. The number of hydrogen-bond donors (Lipinski definition) is 2. The van der Waals surface area contributed by atoms with Gasteiger partial charge in [0, 0.05) is 35.7 Å². The number of nitrogens with one attached hydrogen (secondary N) is 2. The summed E-state index contributed by atoms with van der Waals surface area (Å²) in [6.45, 7) is 0.468. The molecule has 184 valence electrons. The lowest BCUT2D eigenvalue weighted by molar-refractivity contribution is -0.251. The van der Waals surface area contributed by atoms with Gasteiger partial charge in [-0.05, 0) is 48.7 Å². The molecule has 0 bridgehead atoms. The highest BCUT2D eigenvalue weighted by Crippen LogP contribution is 2.36. The molecular weight excluding hydrogens is 543 g/mol. The number of rotatable bonds is 6. The van der Waals surface area contributed by atoms with Crippen LogP contribution in [0.4, 0.5) is 18.0 Å².